The van der Waals surface area contributed by atoms with E-state index in [9.17, 15) is 14.4 Å². The third kappa shape index (κ3) is 2.65. The lowest BCUT2D eigenvalue weighted by Gasteiger charge is -2.36. The molecule has 35 heavy (non-hydrogen) atoms. The number of rotatable bonds is 4. The van der Waals surface area contributed by atoms with Crippen molar-refractivity contribution in [2.45, 2.75) is 24.4 Å². The van der Waals surface area contributed by atoms with E-state index >= 15 is 0 Å². The first kappa shape index (κ1) is 22.2. The first-order valence-electron chi connectivity index (χ1n) is 11.4. The van der Waals surface area contributed by atoms with Crippen LogP contribution in [0, 0.1) is 11.8 Å². The van der Waals surface area contributed by atoms with Gasteiger partial charge in [-0.1, -0.05) is 11.6 Å². The van der Waals surface area contributed by atoms with Gasteiger partial charge >= 0.3 is 0 Å². The molecule has 9 nitrogen and oxygen atoms in total. The van der Waals surface area contributed by atoms with E-state index in [1.165, 1.54) is 26.2 Å². The lowest BCUT2D eigenvalue weighted by atomic mass is 9.75. The molecule has 4 atom stereocenters. The van der Waals surface area contributed by atoms with Crippen LogP contribution in [0.1, 0.15) is 18.4 Å². The number of anilines is 2. The summed E-state index contributed by atoms with van der Waals surface area (Å²) in [5, 5.41) is 3.42. The Balaban J connectivity index is 1.53. The molecule has 4 aliphatic heterocycles. The van der Waals surface area contributed by atoms with Gasteiger partial charge in [0.05, 0.1) is 38.9 Å². The van der Waals surface area contributed by atoms with Crippen molar-refractivity contribution in [3.05, 3.63) is 40.9 Å². The number of ether oxygens (including phenoxy) is 3. The Bertz CT molecular complexity index is 1270. The van der Waals surface area contributed by atoms with Crippen LogP contribution in [0.4, 0.5) is 11.4 Å². The van der Waals surface area contributed by atoms with E-state index in [0.29, 0.717) is 45.8 Å². The quantitative estimate of drug-likeness (QED) is 0.649. The molecule has 0 saturated carbocycles. The molecule has 0 unspecified atom stereocenters. The van der Waals surface area contributed by atoms with Gasteiger partial charge in [-0.3, -0.25) is 19.3 Å². The minimum absolute atomic E-state index is 0.223. The van der Waals surface area contributed by atoms with E-state index in [1.54, 1.807) is 30.3 Å². The van der Waals surface area contributed by atoms with Crippen LogP contribution in [0.15, 0.2) is 30.3 Å². The van der Waals surface area contributed by atoms with Gasteiger partial charge in [0.1, 0.15) is 5.54 Å². The first-order valence-corrected chi connectivity index (χ1v) is 11.8. The van der Waals surface area contributed by atoms with E-state index in [-0.39, 0.29) is 17.9 Å². The van der Waals surface area contributed by atoms with Crippen molar-refractivity contribution in [1.29, 1.82) is 0 Å². The van der Waals surface area contributed by atoms with Gasteiger partial charge in [0.15, 0.2) is 11.5 Å². The highest BCUT2D eigenvalue weighted by Crippen LogP contribution is 2.61. The van der Waals surface area contributed by atoms with Crippen LogP contribution in [0.5, 0.6) is 17.2 Å². The predicted molar refractivity (Wildman–Crippen MR) is 127 cm³/mol. The minimum atomic E-state index is -1.28. The van der Waals surface area contributed by atoms with Crippen molar-refractivity contribution in [2.75, 3.05) is 38.1 Å². The average Bonchev–Trinajstić information content (AvgIpc) is 3.56. The van der Waals surface area contributed by atoms with Gasteiger partial charge in [-0.15, -0.1) is 0 Å². The molecule has 0 radical (unpaired) electrons. The van der Waals surface area contributed by atoms with Crippen molar-refractivity contribution in [3.8, 4) is 17.2 Å². The van der Waals surface area contributed by atoms with Crippen LogP contribution < -0.4 is 24.4 Å². The largest absolute Gasteiger partial charge is 0.493 e. The summed E-state index contributed by atoms with van der Waals surface area (Å²) in [7, 11) is 4.42. The molecule has 0 aromatic heterocycles. The summed E-state index contributed by atoms with van der Waals surface area (Å²) in [5.74, 6) is -1.56. The molecule has 0 aliphatic carbocycles. The topological polar surface area (TPSA) is 97.4 Å². The van der Waals surface area contributed by atoms with E-state index in [0.717, 1.165) is 12.8 Å². The monoisotopic (exact) mass is 497 g/mol. The molecule has 2 aromatic carbocycles. The van der Waals surface area contributed by atoms with Gasteiger partial charge in [-0.05, 0) is 37.6 Å². The molecule has 1 N–H and O–H groups in total. The number of nitrogens with one attached hydrogen (secondary N) is 1. The maximum absolute atomic E-state index is 14.1. The number of methoxy groups -OCH3 is 3. The van der Waals surface area contributed by atoms with Crippen molar-refractivity contribution >= 4 is 40.7 Å². The number of hydrogen-bond acceptors (Lipinski definition) is 7. The molecule has 0 bridgehead atoms. The number of hydrogen-bond donors (Lipinski definition) is 1. The third-order valence-corrected chi connectivity index (χ3v) is 8.10. The minimum Gasteiger partial charge on any atom is -0.493 e. The second-order valence-corrected chi connectivity index (χ2v) is 9.65. The lowest BCUT2D eigenvalue weighted by Crippen LogP contribution is -2.54. The number of carbonyl (C=O) groups is 3. The van der Waals surface area contributed by atoms with Gasteiger partial charge < -0.3 is 19.5 Å². The normalized spacial score (nSPS) is 28.9. The van der Waals surface area contributed by atoms with Crippen molar-refractivity contribution in [3.63, 3.8) is 0 Å². The zero-order valence-electron chi connectivity index (χ0n) is 19.5. The average molecular weight is 498 g/mol. The highest BCUT2D eigenvalue weighted by molar-refractivity contribution is 6.31. The maximum atomic E-state index is 14.1. The molecule has 3 saturated heterocycles. The summed E-state index contributed by atoms with van der Waals surface area (Å²) in [6.45, 7) is 0.627. The SMILES string of the molecule is COc1cc(N2C(=O)[C@@H]3[C@@H]4CCCN4[C@]4(C(=O)Nc5ccc(Cl)cc54)[C@H]3C2=O)cc(OC)c1OC. The Hall–Kier alpha value is -3.30. The molecular formula is C25H24ClN3O6. The molecule has 6 rings (SSSR count). The highest BCUT2D eigenvalue weighted by atomic mass is 35.5. The molecular weight excluding hydrogens is 474 g/mol. The van der Waals surface area contributed by atoms with Crippen LogP contribution in [-0.4, -0.2) is 56.5 Å². The van der Waals surface area contributed by atoms with Crippen LogP contribution >= 0.6 is 11.6 Å². The van der Waals surface area contributed by atoms with E-state index < -0.39 is 23.3 Å². The Morgan fingerprint density at radius 1 is 1.00 bits per heavy atom. The number of halogens is 1. The first-order chi connectivity index (χ1) is 16.9. The van der Waals surface area contributed by atoms with Crippen LogP contribution in [0.3, 0.4) is 0 Å². The highest BCUT2D eigenvalue weighted by Gasteiger charge is 2.74. The Labute approximate surface area is 206 Å². The van der Waals surface area contributed by atoms with Gasteiger partial charge in [0, 0.05) is 34.4 Å². The van der Waals surface area contributed by atoms with E-state index in [4.69, 9.17) is 25.8 Å². The maximum Gasteiger partial charge on any atom is 0.250 e. The number of carbonyl (C=O) groups excluding carboxylic acids is 3. The zero-order chi connectivity index (χ0) is 24.6. The van der Waals surface area contributed by atoms with Crippen molar-refractivity contribution < 1.29 is 28.6 Å². The summed E-state index contributed by atoms with van der Waals surface area (Å²) in [6.07, 6.45) is 1.57. The lowest BCUT2D eigenvalue weighted by molar-refractivity contribution is -0.135. The summed E-state index contributed by atoms with van der Waals surface area (Å²) in [4.78, 5) is 45.0. The molecule has 4 aliphatic rings. The number of fused-ring (bicyclic) bond motifs is 7. The zero-order valence-corrected chi connectivity index (χ0v) is 20.2. The molecule has 10 heteroatoms. The van der Waals surface area contributed by atoms with Crippen molar-refractivity contribution in [1.82, 2.24) is 4.90 Å². The second kappa shape index (κ2) is 7.60. The fourth-order valence-corrected chi connectivity index (χ4v) is 6.80. The number of imide groups is 1. The summed E-state index contributed by atoms with van der Waals surface area (Å²) >= 11 is 6.34. The fourth-order valence-electron chi connectivity index (χ4n) is 6.63. The molecule has 1 spiro atoms. The number of amides is 3. The van der Waals surface area contributed by atoms with Gasteiger partial charge in [-0.2, -0.15) is 0 Å². The summed E-state index contributed by atoms with van der Waals surface area (Å²) < 4.78 is 16.3. The van der Waals surface area contributed by atoms with Crippen LogP contribution in [0.2, 0.25) is 5.02 Å². The standard InChI is InChI=1S/C25H24ClN3O6/c1-33-17-10-13(11-18(34-2)21(17)35-3)29-22(30)19-16-5-4-8-28(16)25(20(19)23(29)31)14-9-12(26)6-7-15(14)27-24(25)32/h6-7,9-11,16,19-20H,4-5,8H2,1-3H3,(H,27,32)/t16-,19+,20+,25-/m0/s1. The van der Waals surface area contributed by atoms with Gasteiger partial charge in [0.2, 0.25) is 23.5 Å². The van der Waals surface area contributed by atoms with Gasteiger partial charge in [-0.25, -0.2) is 4.90 Å². The summed E-state index contributed by atoms with van der Waals surface area (Å²) in [5.41, 5.74) is 0.307. The number of benzene rings is 2. The number of nitrogens with zero attached hydrogens (tertiary/aromatic N) is 2. The molecule has 4 heterocycles. The molecule has 3 fully saturated rings. The van der Waals surface area contributed by atoms with Crippen LogP contribution in [0.25, 0.3) is 0 Å². The van der Waals surface area contributed by atoms with Crippen LogP contribution in [-0.2, 0) is 19.9 Å². The van der Waals surface area contributed by atoms with E-state index in [2.05, 4.69) is 10.2 Å². The summed E-state index contributed by atoms with van der Waals surface area (Å²) in [6, 6.07) is 8.14. The van der Waals surface area contributed by atoms with Gasteiger partial charge in [0.25, 0.3) is 0 Å². The Morgan fingerprint density at radius 3 is 2.37 bits per heavy atom. The van der Waals surface area contributed by atoms with Crippen molar-refractivity contribution in [2.24, 2.45) is 11.8 Å². The van der Waals surface area contributed by atoms with E-state index in [1.807, 2.05) is 0 Å². The third-order valence-electron chi connectivity index (χ3n) is 7.86. The second-order valence-electron chi connectivity index (χ2n) is 9.21. The molecule has 2 aromatic rings. The Kier molecular flexibility index (Phi) is 4.82. The Morgan fingerprint density at radius 2 is 1.71 bits per heavy atom. The smallest absolute Gasteiger partial charge is 0.250 e. The fraction of sp³-hybridized carbons (Fsp3) is 0.400. The molecule has 3 amide bonds. The molecule has 182 valence electrons. The predicted octanol–water partition coefficient (Wildman–Crippen LogP) is 2.80.